The summed E-state index contributed by atoms with van der Waals surface area (Å²) in [6, 6.07) is 0.0754. The Morgan fingerprint density at radius 3 is 2.60 bits per heavy atom. The predicted molar refractivity (Wildman–Crippen MR) is 79.7 cm³/mol. The average Bonchev–Trinajstić information content (AvgIpc) is 2.44. The SMILES string of the molecule is CCCC(C(=O)NC(C)CN1CCCCC1)C(N)=NO. The maximum atomic E-state index is 12.2. The Morgan fingerprint density at radius 1 is 1.40 bits per heavy atom. The fraction of sp³-hybridized carbons (Fsp3) is 0.857. The van der Waals surface area contributed by atoms with Crippen LogP contribution in [0.2, 0.25) is 0 Å². The molecule has 116 valence electrons. The van der Waals surface area contributed by atoms with Gasteiger partial charge in [-0.05, 0) is 39.3 Å². The zero-order valence-corrected chi connectivity index (χ0v) is 12.6. The summed E-state index contributed by atoms with van der Waals surface area (Å²) in [5.74, 6) is -0.685. The van der Waals surface area contributed by atoms with Gasteiger partial charge in [-0.25, -0.2) is 0 Å². The number of amides is 1. The number of hydrogen-bond acceptors (Lipinski definition) is 4. The first-order valence-electron chi connectivity index (χ1n) is 7.58. The van der Waals surface area contributed by atoms with Crippen molar-refractivity contribution in [3.05, 3.63) is 0 Å². The smallest absolute Gasteiger partial charge is 0.231 e. The number of piperidine rings is 1. The van der Waals surface area contributed by atoms with Crippen molar-refractivity contribution in [2.24, 2.45) is 16.8 Å². The van der Waals surface area contributed by atoms with E-state index < -0.39 is 5.92 Å². The van der Waals surface area contributed by atoms with Crippen LogP contribution in [0.3, 0.4) is 0 Å². The fourth-order valence-corrected chi connectivity index (χ4v) is 2.69. The van der Waals surface area contributed by atoms with Gasteiger partial charge < -0.3 is 21.2 Å². The molecule has 2 unspecified atom stereocenters. The van der Waals surface area contributed by atoms with Crippen molar-refractivity contribution in [3.8, 4) is 0 Å². The number of nitrogens with two attached hydrogens (primary N) is 1. The molecule has 1 saturated heterocycles. The topological polar surface area (TPSA) is 91.0 Å². The zero-order chi connectivity index (χ0) is 15.0. The molecule has 0 bridgehead atoms. The van der Waals surface area contributed by atoms with E-state index >= 15 is 0 Å². The molecule has 1 heterocycles. The number of rotatable bonds is 7. The lowest BCUT2D eigenvalue weighted by atomic mass is 10.0. The second-order valence-corrected chi connectivity index (χ2v) is 5.64. The summed E-state index contributed by atoms with van der Waals surface area (Å²) in [7, 11) is 0. The van der Waals surface area contributed by atoms with Crippen LogP contribution in [0.15, 0.2) is 5.16 Å². The summed E-state index contributed by atoms with van der Waals surface area (Å²) >= 11 is 0. The number of carbonyl (C=O) groups excluding carboxylic acids is 1. The van der Waals surface area contributed by atoms with Gasteiger partial charge in [-0.2, -0.15) is 0 Å². The summed E-state index contributed by atoms with van der Waals surface area (Å²) in [5.41, 5.74) is 5.59. The first-order chi connectivity index (χ1) is 9.58. The molecule has 1 aliphatic rings. The average molecular weight is 284 g/mol. The lowest BCUT2D eigenvalue weighted by Gasteiger charge is -2.30. The van der Waals surface area contributed by atoms with E-state index in [4.69, 9.17) is 10.9 Å². The first kappa shape index (κ1) is 16.8. The molecule has 0 radical (unpaired) electrons. The van der Waals surface area contributed by atoms with E-state index in [2.05, 4.69) is 15.4 Å². The van der Waals surface area contributed by atoms with Crippen LogP contribution in [0, 0.1) is 5.92 Å². The summed E-state index contributed by atoms with van der Waals surface area (Å²) in [6.07, 6.45) is 5.19. The van der Waals surface area contributed by atoms with Crippen LogP contribution in [0.25, 0.3) is 0 Å². The van der Waals surface area contributed by atoms with E-state index in [1.54, 1.807) is 0 Å². The second kappa shape index (κ2) is 8.79. The lowest BCUT2D eigenvalue weighted by molar-refractivity contribution is -0.124. The highest BCUT2D eigenvalue weighted by molar-refractivity contribution is 6.02. The van der Waals surface area contributed by atoms with E-state index in [9.17, 15) is 4.79 Å². The van der Waals surface area contributed by atoms with E-state index in [-0.39, 0.29) is 17.8 Å². The molecule has 1 aliphatic heterocycles. The number of nitrogens with one attached hydrogen (secondary N) is 1. The molecular weight excluding hydrogens is 256 g/mol. The molecule has 4 N–H and O–H groups in total. The monoisotopic (exact) mass is 284 g/mol. The molecule has 0 aromatic carbocycles. The van der Waals surface area contributed by atoms with Crippen molar-refractivity contribution in [1.82, 2.24) is 10.2 Å². The molecule has 20 heavy (non-hydrogen) atoms. The zero-order valence-electron chi connectivity index (χ0n) is 12.6. The molecule has 6 heteroatoms. The van der Waals surface area contributed by atoms with E-state index in [0.29, 0.717) is 6.42 Å². The maximum absolute atomic E-state index is 12.2. The molecular formula is C14H28N4O2. The number of oxime groups is 1. The van der Waals surface area contributed by atoms with Crippen LogP contribution >= 0.6 is 0 Å². The molecule has 1 amide bonds. The third-order valence-corrected chi connectivity index (χ3v) is 3.74. The molecule has 0 saturated carbocycles. The Kier molecular flexibility index (Phi) is 7.36. The molecule has 0 aromatic heterocycles. The van der Waals surface area contributed by atoms with E-state index in [0.717, 1.165) is 26.1 Å². The predicted octanol–water partition coefficient (Wildman–Crippen LogP) is 1.14. The number of carbonyl (C=O) groups is 1. The maximum Gasteiger partial charge on any atom is 0.231 e. The van der Waals surface area contributed by atoms with E-state index in [1.165, 1.54) is 19.3 Å². The quantitative estimate of drug-likeness (QED) is 0.283. The first-order valence-corrected chi connectivity index (χ1v) is 7.58. The van der Waals surface area contributed by atoms with Gasteiger partial charge in [0.15, 0.2) is 5.84 Å². The third-order valence-electron chi connectivity index (χ3n) is 3.74. The number of likely N-dealkylation sites (tertiary alicyclic amines) is 1. The summed E-state index contributed by atoms with van der Waals surface area (Å²) in [4.78, 5) is 14.6. The Morgan fingerprint density at radius 2 is 2.05 bits per heavy atom. The highest BCUT2D eigenvalue weighted by Gasteiger charge is 2.24. The number of amidine groups is 1. The van der Waals surface area contributed by atoms with Gasteiger partial charge in [0, 0.05) is 12.6 Å². The minimum atomic E-state index is -0.534. The third kappa shape index (κ3) is 5.36. The van der Waals surface area contributed by atoms with Gasteiger partial charge >= 0.3 is 0 Å². The Hall–Kier alpha value is -1.30. The van der Waals surface area contributed by atoms with Gasteiger partial charge in [0.1, 0.15) is 0 Å². The van der Waals surface area contributed by atoms with E-state index in [1.807, 2.05) is 13.8 Å². The standard InChI is InChI=1S/C14H28N4O2/c1-3-7-12(13(15)17-20)14(19)16-11(2)10-18-8-5-4-6-9-18/h11-12,20H,3-10H2,1-2H3,(H2,15,17)(H,16,19). The van der Waals surface area contributed by atoms with Crippen molar-refractivity contribution >= 4 is 11.7 Å². The van der Waals surface area contributed by atoms with Crippen molar-refractivity contribution in [3.63, 3.8) is 0 Å². The summed E-state index contributed by atoms with van der Waals surface area (Å²) in [6.45, 7) is 7.06. The van der Waals surface area contributed by atoms with Crippen molar-refractivity contribution in [1.29, 1.82) is 0 Å². The van der Waals surface area contributed by atoms with Crippen LogP contribution in [0.4, 0.5) is 0 Å². The van der Waals surface area contributed by atoms with Gasteiger partial charge in [-0.1, -0.05) is 24.9 Å². The van der Waals surface area contributed by atoms with Crippen LogP contribution < -0.4 is 11.1 Å². The van der Waals surface area contributed by atoms with Gasteiger partial charge in [0.2, 0.25) is 5.91 Å². The van der Waals surface area contributed by atoms with Crippen molar-refractivity contribution < 1.29 is 10.0 Å². The molecule has 6 nitrogen and oxygen atoms in total. The minimum absolute atomic E-state index is 0.00507. The summed E-state index contributed by atoms with van der Waals surface area (Å²) < 4.78 is 0. The normalized spacial score (nSPS) is 20.4. The highest BCUT2D eigenvalue weighted by Crippen LogP contribution is 2.10. The number of nitrogens with zero attached hydrogens (tertiary/aromatic N) is 2. The molecule has 2 atom stereocenters. The Labute approximate surface area is 121 Å². The van der Waals surface area contributed by atoms with Gasteiger partial charge in [0.05, 0.1) is 5.92 Å². The van der Waals surface area contributed by atoms with Crippen molar-refractivity contribution in [2.75, 3.05) is 19.6 Å². The fourth-order valence-electron chi connectivity index (χ4n) is 2.69. The largest absolute Gasteiger partial charge is 0.409 e. The van der Waals surface area contributed by atoms with Crippen LogP contribution in [0.5, 0.6) is 0 Å². The number of hydrogen-bond donors (Lipinski definition) is 3. The van der Waals surface area contributed by atoms with Crippen LogP contribution in [0.1, 0.15) is 46.0 Å². The van der Waals surface area contributed by atoms with Crippen LogP contribution in [-0.4, -0.2) is 47.5 Å². The Balaban J connectivity index is 2.45. The molecule has 1 fully saturated rings. The Bertz CT molecular complexity index is 327. The van der Waals surface area contributed by atoms with Crippen LogP contribution in [-0.2, 0) is 4.79 Å². The highest BCUT2D eigenvalue weighted by atomic mass is 16.4. The second-order valence-electron chi connectivity index (χ2n) is 5.64. The minimum Gasteiger partial charge on any atom is -0.409 e. The summed E-state index contributed by atoms with van der Waals surface area (Å²) in [5, 5.41) is 14.7. The molecule has 0 aliphatic carbocycles. The molecule has 0 spiro atoms. The van der Waals surface area contributed by atoms with Crippen molar-refractivity contribution in [2.45, 2.75) is 52.0 Å². The van der Waals surface area contributed by atoms with Gasteiger partial charge in [0.25, 0.3) is 0 Å². The molecule has 1 rings (SSSR count). The van der Waals surface area contributed by atoms with Gasteiger partial charge in [-0.15, -0.1) is 0 Å². The lowest BCUT2D eigenvalue weighted by Crippen LogP contribution is -2.47. The molecule has 0 aromatic rings. The van der Waals surface area contributed by atoms with Gasteiger partial charge in [-0.3, -0.25) is 4.79 Å².